The number of amides is 1. The van der Waals surface area contributed by atoms with Crippen molar-refractivity contribution >= 4 is 11.9 Å². The molecule has 0 heterocycles. The first-order valence-electron chi connectivity index (χ1n) is 9.66. The lowest BCUT2D eigenvalue weighted by Crippen LogP contribution is -2.36. The molecule has 1 aliphatic carbocycles. The molecule has 0 saturated heterocycles. The summed E-state index contributed by atoms with van der Waals surface area (Å²) in [6, 6.07) is 15.6. The van der Waals surface area contributed by atoms with E-state index in [0.717, 1.165) is 29.4 Å². The lowest BCUT2D eigenvalue weighted by atomic mass is 10.1. The number of hydrogen-bond donors (Lipinski definition) is 3. The smallest absolute Gasteiger partial charge is 0.251 e. The van der Waals surface area contributed by atoms with Gasteiger partial charge in [-0.3, -0.25) is 9.79 Å². The highest BCUT2D eigenvalue weighted by Gasteiger charge is 2.22. The van der Waals surface area contributed by atoms with Gasteiger partial charge in [-0.1, -0.05) is 30.3 Å². The normalized spacial score (nSPS) is 13.7. The van der Waals surface area contributed by atoms with Gasteiger partial charge in [-0.05, 0) is 42.5 Å². The molecule has 0 unspecified atom stereocenters. The minimum absolute atomic E-state index is 0.0837. The number of benzene rings is 2. The molecular weight excluding hydrogens is 352 g/mol. The van der Waals surface area contributed by atoms with Crippen LogP contribution in [0.5, 0.6) is 5.75 Å². The Morgan fingerprint density at radius 1 is 1.07 bits per heavy atom. The quantitative estimate of drug-likeness (QED) is 0.486. The number of carbonyl (C=O) groups is 1. The maximum absolute atomic E-state index is 11.6. The number of nitrogens with zero attached hydrogens (tertiary/aromatic N) is 1. The summed E-state index contributed by atoms with van der Waals surface area (Å²) >= 11 is 0. The van der Waals surface area contributed by atoms with Crippen molar-refractivity contribution in [2.24, 2.45) is 10.9 Å². The number of aliphatic imine (C=N–C) groups is 1. The van der Waals surface area contributed by atoms with Crippen LogP contribution in [0.2, 0.25) is 0 Å². The molecule has 28 heavy (non-hydrogen) atoms. The third-order valence-corrected chi connectivity index (χ3v) is 4.72. The second kappa shape index (κ2) is 9.78. The molecule has 0 aliphatic heterocycles. The first-order chi connectivity index (χ1) is 13.7. The molecule has 0 aromatic heterocycles. The minimum atomic E-state index is -0.0837. The molecule has 2 aromatic rings. The van der Waals surface area contributed by atoms with E-state index < -0.39 is 0 Å². The van der Waals surface area contributed by atoms with Crippen LogP contribution in [0.3, 0.4) is 0 Å². The van der Waals surface area contributed by atoms with Crippen molar-refractivity contribution in [1.29, 1.82) is 0 Å². The zero-order valence-corrected chi connectivity index (χ0v) is 16.5. The van der Waals surface area contributed by atoms with Gasteiger partial charge >= 0.3 is 0 Å². The van der Waals surface area contributed by atoms with Crippen molar-refractivity contribution in [1.82, 2.24) is 16.0 Å². The standard InChI is InChI=1S/C22H28N4O2/c1-23-21(27)18-11-9-16(10-12-18)13-25-22(24-2)26-14-19-5-3-4-6-20(19)28-15-17-7-8-17/h3-6,9-12,17H,7-8,13-15H2,1-2H3,(H,23,27)(H2,24,25,26). The number of para-hydroxylation sites is 1. The Morgan fingerprint density at radius 2 is 1.79 bits per heavy atom. The van der Waals surface area contributed by atoms with E-state index >= 15 is 0 Å². The molecule has 3 rings (SSSR count). The van der Waals surface area contributed by atoms with Gasteiger partial charge < -0.3 is 20.7 Å². The Morgan fingerprint density at radius 3 is 2.46 bits per heavy atom. The third-order valence-electron chi connectivity index (χ3n) is 4.72. The van der Waals surface area contributed by atoms with E-state index in [4.69, 9.17) is 4.74 Å². The topological polar surface area (TPSA) is 74.8 Å². The molecule has 1 amide bonds. The van der Waals surface area contributed by atoms with Gasteiger partial charge in [0.15, 0.2) is 5.96 Å². The molecule has 1 aliphatic rings. The van der Waals surface area contributed by atoms with Crippen LogP contribution in [0, 0.1) is 5.92 Å². The molecule has 6 heteroatoms. The van der Waals surface area contributed by atoms with Crippen molar-refractivity contribution in [3.8, 4) is 5.75 Å². The van der Waals surface area contributed by atoms with E-state index in [0.29, 0.717) is 24.6 Å². The molecule has 0 atom stereocenters. The van der Waals surface area contributed by atoms with Crippen LogP contribution >= 0.6 is 0 Å². The molecule has 3 N–H and O–H groups in total. The monoisotopic (exact) mass is 380 g/mol. The van der Waals surface area contributed by atoms with Crippen LogP contribution in [0.4, 0.5) is 0 Å². The highest BCUT2D eigenvalue weighted by molar-refractivity contribution is 5.93. The Bertz CT molecular complexity index is 814. The number of guanidine groups is 1. The van der Waals surface area contributed by atoms with Gasteiger partial charge in [0, 0.05) is 38.3 Å². The van der Waals surface area contributed by atoms with Gasteiger partial charge in [0.1, 0.15) is 5.75 Å². The summed E-state index contributed by atoms with van der Waals surface area (Å²) < 4.78 is 5.96. The number of carbonyl (C=O) groups excluding carboxylic acids is 1. The van der Waals surface area contributed by atoms with Gasteiger partial charge in [-0.25, -0.2) is 0 Å². The Balaban J connectivity index is 1.50. The number of ether oxygens (including phenoxy) is 1. The van der Waals surface area contributed by atoms with Crippen LogP contribution < -0.4 is 20.7 Å². The minimum Gasteiger partial charge on any atom is -0.493 e. The largest absolute Gasteiger partial charge is 0.493 e. The Hall–Kier alpha value is -3.02. The third kappa shape index (κ3) is 5.74. The fourth-order valence-corrected chi connectivity index (χ4v) is 2.79. The van der Waals surface area contributed by atoms with Crippen LogP contribution in [0.25, 0.3) is 0 Å². The maximum atomic E-state index is 11.6. The van der Waals surface area contributed by atoms with E-state index in [-0.39, 0.29) is 5.91 Å². The summed E-state index contributed by atoms with van der Waals surface area (Å²) in [6.45, 7) is 2.06. The highest BCUT2D eigenvalue weighted by Crippen LogP contribution is 2.30. The molecular formula is C22H28N4O2. The molecule has 148 valence electrons. The van der Waals surface area contributed by atoms with E-state index in [1.165, 1.54) is 12.8 Å². The van der Waals surface area contributed by atoms with Crippen molar-refractivity contribution in [3.05, 3.63) is 65.2 Å². The molecule has 1 saturated carbocycles. The van der Waals surface area contributed by atoms with E-state index in [2.05, 4.69) is 27.0 Å². The van der Waals surface area contributed by atoms with Gasteiger partial charge in [0.2, 0.25) is 0 Å². The predicted molar refractivity (Wildman–Crippen MR) is 112 cm³/mol. The van der Waals surface area contributed by atoms with E-state index in [1.54, 1.807) is 14.1 Å². The average Bonchev–Trinajstić information content (AvgIpc) is 3.57. The van der Waals surface area contributed by atoms with E-state index in [1.807, 2.05) is 42.5 Å². The van der Waals surface area contributed by atoms with Gasteiger partial charge in [0.25, 0.3) is 5.91 Å². The lowest BCUT2D eigenvalue weighted by Gasteiger charge is -2.15. The van der Waals surface area contributed by atoms with Gasteiger partial charge in [-0.2, -0.15) is 0 Å². The molecule has 2 aromatic carbocycles. The zero-order chi connectivity index (χ0) is 19.8. The number of hydrogen-bond acceptors (Lipinski definition) is 3. The zero-order valence-electron chi connectivity index (χ0n) is 16.5. The second-order valence-corrected chi connectivity index (χ2v) is 6.92. The van der Waals surface area contributed by atoms with Crippen molar-refractivity contribution in [3.63, 3.8) is 0 Å². The fourth-order valence-electron chi connectivity index (χ4n) is 2.79. The molecule has 6 nitrogen and oxygen atoms in total. The summed E-state index contributed by atoms with van der Waals surface area (Å²) in [5.41, 5.74) is 2.83. The SMILES string of the molecule is CN=C(NCc1ccc(C(=O)NC)cc1)NCc1ccccc1OCC1CC1. The lowest BCUT2D eigenvalue weighted by molar-refractivity contribution is 0.0963. The van der Waals surface area contributed by atoms with Crippen LogP contribution in [0.1, 0.15) is 34.3 Å². The van der Waals surface area contributed by atoms with E-state index in [9.17, 15) is 4.79 Å². The van der Waals surface area contributed by atoms with Crippen molar-refractivity contribution < 1.29 is 9.53 Å². The summed E-state index contributed by atoms with van der Waals surface area (Å²) in [6.07, 6.45) is 2.56. The summed E-state index contributed by atoms with van der Waals surface area (Å²) in [5.74, 6) is 2.29. The van der Waals surface area contributed by atoms with Crippen molar-refractivity contribution in [2.75, 3.05) is 20.7 Å². The molecule has 1 fully saturated rings. The number of nitrogens with one attached hydrogen (secondary N) is 3. The highest BCUT2D eigenvalue weighted by atomic mass is 16.5. The fraction of sp³-hybridized carbons (Fsp3) is 0.364. The average molecular weight is 380 g/mol. The van der Waals surface area contributed by atoms with Crippen molar-refractivity contribution in [2.45, 2.75) is 25.9 Å². The van der Waals surface area contributed by atoms with Crippen LogP contribution in [-0.2, 0) is 13.1 Å². The Kier molecular flexibility index (Phi) is 6.89. The van der Waals surface area contributed by atoms with Crippen LogP contribution in [0.15, 0.2) is 53.5 Å². The maximum Gasteiger partial charge on any atom is 0.251 e. The number of rotatable bonds is 8. The first kappa shape index (κ1) is 19.7. The second-order valence-electron chi connectivity index (χ2n) is 6.92. The molecule has 0 spiro atoms. The summed E-state index contributed by atoms with van der Waals surface area (Å²) in [4.78, 5) is 15.9. The van der Waals surface area contributed by atoms with Crippen LogP contribution in [-0.4, -0.2) is 32.6 Å². The summed E-state index contributed by atoms with van der Waals surface area (Å²) in [5, 5.41) is 9.25. The predicted octanol–water partition coefficient (Wildman–Crippen LogP) is 2.70. The molecule has 0 radical (unpaired) electrons. The van der Waals surface area contributed by atoms with Gasteiger partial charge in [-0.15, -0.1) is 0 Å². The summed E-state index contributed by atoms with van der Waals surface area (Å²) in [7, 11) is 3.38. The molecule has 0 bridgehead atoms. The Labute approximate surface area is 166 Å². The first-order valence-corrected chi connectivity index (χ1v) is 9.66. The van der Waals surface area contributed by atoms with Gasteiger partial charge in [0.05, 0.1) is 6.61 Å².